The van der Waals surface area contributed by atoms with Crippen LogP contribution >= 0.6 is 0 Å². The summed E-state index contributed by atoms with van der Waals surface area (Å²) < 4.78 is 0. The number of amides is 1. The summed E-state index contributed by atoms with van der Waals surface area (Å²) in [6.45, 7) is 11.9. The van der Waals surface area contributed by atoms with E-state index in [1.165, 1.54) is 0 Å². The highest BCUT2D eigenvalue weighted by Gasteiger charge is 2.64. The summed E-state index contributed by atoms with van der Waals surface area (Å²) in [4.78, 5) is 11.8. The van der Waals surface area contributed by atoms with Gasteiger partial charge in [-0.1, -0.05) is 47.5 Å². The second kappa shape index (κ2) is 4.97. The Bertz CT molecular complexity index is 270. The lowest BCUT2D eigenvalue weighted by atomic mass is 10.0. The van der Waals surface area contributed by atoms with Gasteiger partial charge in [-0.2, -0.15) is 0 Å². The lowest BCUT2D eigenvalue weighted by molar-refractivity contribution is -0.122. The summed E-state index contributed by atoms with van der Waals surface area (Å²) in [6.07, 6.45) is 2.90. The van der Waals surface area contributed by atoms with Gasteiger partial charge in [-0.05, 0) is 23.2 Å². The van der Waals surface area contributed by atoms with Crippen molar-refractivity contribution < 1.29 is 4.79 Å². The van der Waals surface area contributed by atoms with Gasteiger partial charge in [0.05, 0.1) is 6.04 Å². The highest BCUT2D eigenvalue weighted by atomic mass is 16.2. The van der Waals surface area contributed by atoms with E-state index in [0.717, 1.165) is 25.8 Å². The van der Waals surface area contributed by atoms with Gasteiger partial charge in [0.25, 0.3) is 0 Å². The van der Waals surface area contributed by atoms with Crippen LogP contribution in [-0.2, 0) is 4.79 Å². The van der Waals surface area contributed by atoms with E-state index < -0.39 is 0 Å². The van der Waals surface area contributed by atoms with Crippen LogP contribution in [0.2, 0.25) is 0 Å². The molecule has 1 fully saturated rings. The van der Waals surface area contributed by atoms with E-state index in [1.54, 1.807) is 0 Å². The quantitative estimate of drug-likeness (QED) is 0.748. The van der Waals surface area contributed by atoms with Crippen LogP contribution in [0.5, 0.6) is 0 Å². The van der Waals surface area contributed by atoms with Crippen LogP contribution in [0.3, 0.4) is 0 Å². The van der Waals surface area contributed by atoms with Gasteiger partial charge in [-0.15, -0.1) is 0 Å². The van der Waals surface area contributed by atoms with Crippen molar-refractivity contribution in [1.82, 2.24) is 5.32 Å². The fourth-order valence-electron chi connectivity index (χ4n) is 2.73. The monoisotopic (exact) mass is 240 g/mol. The zero-order valence-electron chi connectivity index (χ0n) is 12.0. The highest BCUT2D eigenvalue weighted by Crippen LogP contribution is 2.67. The predicted molar refractivity (Wildman–Crippen MR) is 71.6 cm³/mol. The van der Waals surface area contributed by atoms with Crippen LogP contribution in [0.1, 0.15) is 53.9 Å². The molecule has 1 atom stereocenters. The van der Waals surface area contributed by atoms with E-state index in [9.17, 15) is 4.79 Å². The highest BCUT2D eigenvalue weighted by molar-refractivity contribution is 5.81. The Kier molecular flexibility index (Phi) is 4.23. The van der Waals surface area contributed by atoms with Gasteiger partial charge in [0, 0.05) is 6.54 Å². The first kappa shape index (κ1) is 14.5. The van der Waals surface area contributed by atoms with Gasteiger partial charge >= 0.3 is 0 Å². The van der Waals surface area contributed by atoms with Gasteiger partial charge in [-0.3, -0.25) is 4.79 Å². The average molecular weight is 240 g/mol. The van der Waals surface area contributed by atoms with Crippen molar-refractivity contribution in [3.05, 3.63) is 0 Å². The van der Waals surface area contributed by atoms with Crippen LogP contribution in [0.25, 0.3) is 0 Å². The molecule has 0 aromatic rings. The fourth-order valence-corrected chi connectivity index (χ4v) is 2.73. The molecule has 3 heteroatoms. The minimum absolute atomic E-state index is 0.0111. The minimum atomic E-state index is -0.333. The third-order valence-electron chi connectivity index (χ3n) is 5.01. The third kappa shape index (κ3) is 2.82. The second-order valence-corrected chi connectivity index (χ2v) is 6.49. The molecule has 1 aliphatic rings. The zero-order valence-corrected chi connectivity index (χ0v) is 12.0. The maximum absolute atomic E-state index is 11.8. The molecular formula is C14H28N2O. The largest absolute Gasteiger partial charge is 0.354 e. The zero-order chi connectivity index (χ0) is 13.3. The summed E-state index contributed by atoms with van der Waals surface area (Å²) in [5.41, 5.74) is 6.49. The Labute approximate surface area is 106 Å². The molecule has 0 heterocycles. The smallest absolute Gasteiger partial charge is 0.236 e. The number of nitrogens with one attached hydrogen (secondary N) is 1. The molecule has 0 aromatic heterocycles. The Balaban J connectivity index is 2.31. The summed E-state index contributed by atoms with van der Waals surface area (Å²) in [6, 6.07) is -0.333. The molecule has 0 aliphatic heterocycles. The van der Waals surface area contributed by atoms with Crippen LogP contribution in [-0.4, -0.2) is 18.5 Å². The van der Waals surface area contributed by atoms with E-state index >= 15 is 0 Å². The number of carbonyl (C=O) groups is 1. The van der Waals surface area contributed by atoms with Crippen molar-refractivity contribution >= 4 is 5.91 Å². The number of nitrogens with two attached hydrogens (primary N) is 1. The molecule has 1 aliphatic carbocycles. The lowest BCUT2D eigenvalue weighted by Gasteiger charge is -2.12. The van der Waals surface area contributed by atoms with Gasteiger partial charge in [-0.25, -0.2) is 0 Å². The SMILES string of the molecule is CCCCC(N)C(=O)NCC1C(C)(C)C1(C)C. The van der Waals surface area contributed by atoms with Gasteiger partial charge < -0.3 is 11.1 Å². The number of carbonyl (C=O) groups excluding carboxylic acids is 1. The molecule has 3 N–H and O–H groups in total. The molecule has 1 amide bonds. The normalized spacial score (nSPS) is 23.2. The molecule has 0 bridgehead atoms. The number of hydrogen-bond donors (Lipinski definition) is 2. The molecule has 0 spiro atoms. The lowest BCUT2D eigenvalue weighted by Crippen LogP contribution is -2.41. The Hall–Kier alpha value is -0.570. The standard InChI is InChI=1S/C14H28N2O/c1-6-7-8-10(15)12(17)16-9-11-13(2,3)14(11,4)5/h10-11H,6-9,15H2,1-5H3,(H,16,17). The third-order valence-corrected chi connectivity index (χ3v) is 5.01. The average Bonchev–Trinajstić information content (AvgIpc) is 2.63. The number of hydrogen-bond acceptors (Lipinski definition) is 2. The Morgan fingerprint density at radius 1 is 1.29 bits per heavy atom. The molecular weight excluding hydrogens is 212 g/mol. The Morgan fingerprint density at radius 2 is 1.82 bits per heavy atom. The molecule has 1 unspecified atom stereocenters. The van der Waals surface area contributed by atoms with Crippen LogP contribution in [0, 0.1) is 16.7 Å². The maximum Gasteiger partial charge on any atom is 0.236 e. The van der Waals surface area contributed by atoms with Crippen LogP contribution < -0.4 is 11.1 Å². The fraction of sp³-hybridized carbons (Fsp3) is 0.929. The maximum atomic E-state index is 11.8. The molecule has 3 nitrogen and oxygen atoms in total. The minimum Gasteiger partial charge on any atom is -0.354 e. The van der Waals surface area contributed by atoms with Crippen LogP contribution in [0.15, 0.2) is 0 Å². The van der Waals surface area contributed by atoms with E-state index in [4.69, 9.17) is 5.73 Å². The summed E-state index contributed by atoms with van der Waals surface area (Å²) >= 11 is 0. The Morgan fingerprint density at radius 3 is 2.24 bits per heavy atom. The van der Waals surface area contributed by atoms with E-state index in [-0.39, 0.29) is 11.9 Å². The van der Waals surface area contributed by atoms with E-state index in [0.29, 0.717) is 16.7 Å². The molecule has 17 heavy (non-hydrogen) atoms. The summed E-state index contributed by atoms with van der Waals surface area (Å²) in [5.74, 6) is 0.578. The molecule has 1 saturated carbocycles. The molecule has 1 rings (SSSR count). The van der Waals surface area contributed by atoms with E-state index in [1.807, 2.05) is 0 Å². The van der Waals surface area contributed by atoms with Crippen molar-refractivity contribution in [2.75, 3.05) is 6.54 Å². The molecule has 0 radical (unpaired) electrons. The van der Waals surface area contributed by atoms with Gasteiger partial charge in [0.15, 0.2) is 0 Å². The van der Waals surface area contributed by atoms with Gasteiger partial charge in [0.2, 0.25) is 5.91 Å². The first-order valence-corrected chi connectivity index (χ1v) is 6.78. The second-order valence-electron chi connectivity index (χ2n) is 6.49. The molecule has 100 valence electrons. The summed E-state index contributed by atoms with van der Waals surface area (Å²) in [7, 11) is 0. The predicted octanol–water partition coefficient (Wildman–Crippen LogP) is 2.30. The first-order chi connectivity index (χ1) is 7.75. The number of rotatable bonds is 6. The van der Waals surface area contributed by atoms with Crippen molar-refractivity contribution in [2.45, 2.75) is 59.9 Å². The van der Waals surface area contributed by atoms with Crippen molar-refractivity contribution in [2.24, 2.45) is 22.5 Å². The number of unbranched alkanes of at least 4 members (excludes halogenated alkanes) is 1. The molecule has 0 saturated heterocycles. The van der Waals surface area contributed by atoms with Crippen molar-refractivity contribution in [1.29, 1.82) is 0 Å². The van der Waals surface area contributed by atoms with Crippen molar-refractivity contribution in [3.63, 3.8) is 0 Å². The first-order valence-electron chi connectivity index (χ1n) is 6.78. The topological polar surface area (TPSA) is 55.1 Å². The van der Waals surface area contributed by atoms with E-state index in [2.05, 4.69) is 39.9 Å². The molecule has 0 aromatic carbocycles. The van der Waals surface area contributed by atoms with Crippen LogP contribution in [0.4, 0.5) is 0 Å². The van der Waals surface area contributed by atoms with Gasteiger partial charge in [0.1, 0.15) is 0 Å². The summed E-state index contributed by atoms with van der Waals surface area (Å²) in [5, 5.41) is 3.00. The van der Waals surface area contributed by atoms with Crippen molar-refractivity contribution in [3.8, 4) is 0 Å².